The lowest BCUT2D eigenvalue weighted by atomic mass is 10.1. The molecule has 6 heteroatoms. The van der Waals surface area contributed by atoms with Crippen molar-refractivity contribution in [1.29, 1.82) is 0 Å². The van der Waals surface area contributed by atoms with Crippen LogP contribution in [0.3, 0.4) is 0 Å². The molecule has 0 atom stereocenters. The maximum atomic E-state index is 12.5. The molecule has 156 valence electrons. The van der Waals surface area contributed by atoms with E-state index in [1.807, 2.05) is 48.7 Å². The number of carbonyl (C=O) groups is 1. The first-order chi connectivity index (χ1) is 14.8. The Morgan fingerprint density at radius 3 is 2.73 bits per heavy atom. The normalized spacial score (nSPS) is 15.1. The van der Waals surface area contributed by atoms with Gasteiger partial charge in [-0.1, -0.05) is 36.4 Å². The zero-order valence-electron chi connectivity index (χ0n) is 17.1. The number of imidazole rings is 1. The molecule has 6 nitrogen and oxygen atoms in total. The third-order valence-electron chi connectivity index (χ3n) is 5.40. The highest BCUT2D eigenvalue weighted by molar-refractivity contribution is 5.94. The summed E-state index contributed by atoms with van der Waals surface area (Å²) < 4.78 is 6.17. The van der Waals surface area contributed by atoms with Gasteiger partial charge in [0.2, 0.25) is 0 Å². The molecule has 1 fully saturated rings. The molecular formula is C24H28N4O2. The molecule has 1 aromatic heterocycles. The first kappa shape index (κ1) is 20.2. The van der Waals surface area contributed by atoms with Crippen molar-refractivity contribution in [2.24, 2.45) is 0 Å². The summed E-state index contributed by atoms with van der Waals surface area (Å²) in [5.74, 6) is 1.69. The minimum Gasteiger partial charge on any atom is -0.490 e. The van der Waals surface area contributed by atoms with E-state index in [1.165, 1.54) is 5.56 Å². The van der Waals surface area contributed by atoms with Crippen LogP contribution in [0.15, 0.2) is 67.0 Å². The average molecular weight is 405 g/mol. The molecule has 2 heterocycles. The summed E-state index contributed by atoms with van der Waals surface area (Å²) in [6, 6.07) is 17.6. The van der Waals surface area contributed by atoms with Crippen LogP contribution in [0.2, 0.25) is 0 Å². The third-order valence-corrected chi connectivity index (χ3v) is 5.40. The van der Waals surface area contributed by atoms with E-state index >= 15 is 0 Å². The summed E-state index contributed by atoms with van der Waals surface area (Å²) in [7, 11) is 0. The number of carbonyl (C=O) groups excluding carboxylic acids is 1. The molecule has 1 aliphatic heterocycles. The number of H-pyrrole nitrogens is 1. The molecule has 0 spiro atoms. The summed E-state index contributed by atoms with van der Waals surface area (Å²) in [5, 5.41) is 2.99. The monoisotopic (exact) mass is 404 g/mol. The zero-order chi connectivity index (χ0) is 20.6. The molecule has 3 aromatic rings. The molecule has 0 unspecified atom stereocenters. The van der Waals surface area contributed by atoms with Gasteiger partial charge >= 0.3 is 0 Å². The van der Waals surface area contributed by atoms with Crippen LogP contribution in [-0.2, 0) is 13.0 Å². The molecule has 2 N–H and O–H groups in total. The van der Waals surface area contributed by atoms with Gasteiger partial charge in [-0.25, -0.2) is 4.98 Å². The van der Waals surface area contributed by atoms with Crippen LogP contribution in [0, 0.1) is 0 Å². The lowest BCUT2D eigenvalue weighted by molar-refractivity contribution is 0.0932. The van der Waals surface area contributed by atoms with Crippen LogP contribution < -0.4 is 10.1 Å². The molecule has 0 radical (unpaired) electrons. The molecule has 0 aliphatic carbocycles. The number of hydrogen-bond donors (Lipinski definition) is 2. The van der Waals surface area contributed by atoms with Gasteiger partial charge in [0.15, 0.2) is 0 Å². The number of nitrogens with zero attached hydrogens (tertiary/aromatic N) is 2. The number of likely N-dealkylation sites (tertiary alicyclic amines) is 1. The van der Waals surface area contributed by atoms with Crippen molar-refractivity contribution in [3.05, 3.63) is 83.9 Å². The van der Waals surface area contributed by atoms with E-state index in [1.54, 1.807) is 6.20 Å². The van der Waals surface area contributed by atoms with Crippen molar-refractivity contribution in [3.8, 4) is 5.75 Å². The molecule has 30 heavy (non-hydrogen) atoms. The lowest BCUT2D eigenvalue weighted by Gasteiger charge is -2.31. The summed E-state index contributed by atoms with van der Waals surface area (Å²) in [4.78, 5) is 22.3. The van der Waals surface area contributed by atoms with E-state index in [4.69, 9.17) is 4.74 Å². The van der Waals surface area contributed by atoms with Crippen LogP contribution >= 0.6 is 0 Å². The zero-order valence-corrected chi connectivity index (χ0v) is 17.1. The van der Waals surface area contributed by atoms with E-state index in [-0.39, 0.29) is 12.0 Å². The fraction of sp³-hybridized carbons (Fsp3) is 0.333. The molecule has 0 bridgehead atoms. The maximum absolute atomic E-state index is 12.5. The highest BCUT2D eigenvalue weighted by Crippen LogP contribution is 2.21. The molecule has 1 amide bonds. The van der Waals surface area contributed by atoms with Gasteiger partial charge in [0.1, 0.15) is 17.7 Å². The fourth-order valence-electron chi connectivity index (χ4n) is 3.75. The second-order valence-electron chi connectivity index (χ2n) is 7.65. The van der Waals surface area contributed by atoms with Crippen LogP contribution in [0.4, 0.5) is 0 Å². The standard InChI is InChI=1S/C24H28N4O2/c29-24(27-12-9-19-5-2-1-3-6-19)20-7-4-8-22(17-20)30-21-10-15-28(16-11-21)18-23-25-13-14-26-23/h1-8,13-14,17,21H,9-12,15-16,18H2,(H,25,26)(H,27,29). The lowest BCUT2D eigenvalue weighted by Crippen LogP contribution is -2.38. The smallest absolute Gasteiger partial charge is 0.251 e. The second kappa shape index (κ2) is 10.1. The van der Waals surface area contributed by atoms with Gasteiger partial charge in [0, 0.05) is 37.6 Å². The number of hydrogen-bond acceptors (Lipinski definition) is 4. The Kier molecular flexibility index (Phi) is 6.77. The van der Waals surface area contributed by atoms with Gasteiger partial charge in [-0.05, 0) is 43.0 Å². The Balaban J connectivity index is 1.23. The van der Waals surface area contributed by atoms with Gasteiger partial charge in [-0.2, -0.15) is 0 Å². The Bertz CT molecular complexity index is 919. The topological polar surface area (TPSA) is 70.2 Å². The average Bonchev–Trinajstić information content (AvgIpc) is 3.29. The molecule has 4 rings (SSSR count). The van der Waals surface area contributed by atoms with Gasteiger partial charge < -0.3 is 15.0 Å². The van der Waals surface area contributed by atoms with Crippen molar-refractivity contribution in [1.82, 2.24) is 20.2 Å². The van der Waals surface area contributed by atoms with Crippen molar-refractivity contribution >= 4 is 5.91 Å². The van der Waals surface area contributed by atoms with Crippen LogP contribution in [-0.4, -0.2) is 46.5 Å². The fourth-order valence-corrected chi connectivity index (χ4v) is 3.75. The van der Waals surface area contributed by atoms with Gasteiger partial charge in [0.25, 0.3) is 5.91 Å². The van der Waals surface area contributed by atoms with Crippen molar-refractivity contribution < 1.29 is 9.53 Å². The highest BCUT2D eigenvalue weighted by atomic mass is 16.5. The summed E-state index contributed by atoms with van der Waals surface area (Å²) in [5.41, 5.74) is 1.85. The van der Waals surface area contributed by atoms with Crippen LogP contribution in [0.1, 0.15) is 34.6 Å². The van der Waals surface area contributed by atoms with Crippen molar-refractivity contribution in [2.45, 2.75) is 31.9 Å². The SMILES string of the molecule is O=C(NCCc1ccccc1)c1cccc(OC2CCN(Cc3ncc[nH]3)CC2)c1. The summed E-state index contributed by atoms with van der Waals surface area (Å²) in [6.07, 6.45) is 6.57. The number of aromatic nitrogens is 2. The Labute approximate surface area is 177 Å². The molecule has 1 aliphatic rings. The Morgan fingerprint density at radius 2 is 1.97 bits per heavy atom. The van der Waals surface area contributed by atoms with E-state index in [9.17, 15) is 4.79 Å². The molecule has 0 saturated carbocycles. The van der Waals surface area contributed by atoms with Crippen molar-refractivity contribution in [3.63, 3.8) is 0 Å². The molecule has 2 aromatic carbocycles. The number of amides is 1. The van der Waals surface area contributed by atoms with Gasteiger partial charge in [-0.15, -0.1) is 0 Å². The van der Waals surface area contributed by atoms with E-state index in [2.05, 4.69) is 32.3 Å². The first-order valence-corrected chi connectivity index (χ1v) is 10.6. The minimum atomic E-state index is -0.0651. The van der Waals surface area contributed by atoms with E-state index in [0.29, 0.717) is 12.1 Å². The second-order valence-corrected chi connectivity index (χ2v) is 7.65. The maximum Gasteiger partial charge on any atom is 0.251 e. The third kappa shape index (κ3) is 5.70. The minimum absolute atomic E-state index is 0.0651. The number of aromatic amines is 1. The number of nitrogens with one attached hydrogen (secondary N) is 2. The van der Waals surface area contributed by atoms with Gasteiger partial charge in [-0.3, -0.25) is 9.69 Å². The van der Waals surface area contributed by atoms with E-state index in [0.717, 1.165) is 50.5 Å². The molecule has 1 saturated heterocycles. The van der Waals surface area contributed by atoms with Crippen LogP contribution in [0.25, 0.3) is 0 Å². The predicted octanol–water partition coefficient (Wildman–Crippen LogP) is 3.43. The number of rotatable bonds is 8. The quantitative estimate of drug-likeness (QED) is 0.604. The Hall–Kier alpha value is -3.12. The van der Waals surface area contributed by atoms with E-state index < -0.39 is 0 Å². The number of ether oxygens (including phenoxy) is 1. The molecular weight excluding hydrogens is 376 g/mol. The predicted molar refractivity (Wildman–Crippen MR) is 116 cm³/mol. The summed E-state index contributed by atoms with van der Waals surface area (Å²) in [6.45, 7) is 3.41. The first-order valence-electron chi connectivity index (χ1n) is 10.6. The Morgan fingerprint density at radius 1 is 1.13 bits per heavy atom. The van der Waals surface area contributed by atoms with Gasteiger partial charge in [0.05, 0.1) is 6.54 Å². The highest BCUT2D eigenvalue weighted by Gasteiger charge is 2.21. The number of benzene rings is 2. The van der Waals surface area contributed by atoms with Crippen molar-refractivity contribution in [2.75, 3.05) is 19.6 Å². The number of piperidine rings is 1. The summed E-state index contributed by atoms with van der Waals surface area (Å²) >= 11 is 0. The van der Waals surface area contributed by atoms with Crippen LogP contribution in [0.5, 0.6) is 5.75 Å². The largest absolute Gasteiger partial charge is 0.490 e.